The highest BCUT2D eigenvalue weighted by molar-refractivity contribution is 5.76. The molecule has 0 saturated carbocycles. The van der Waals surface area contributed by atoms with Gasteiger partial charge in [-0.05, 0) is 24.5 Å². The molecule has 1 N–H and O–H groups in total. The molecule has 1 aromatic heterocycles. The molecule has 2 atom stereocenters. The van der Waals surface area contributed by atoms with Gasteiger partial charge < -0.3 is 10.1 Å². The van der Waals surface area contributed by atoms with Gasteiger partial charge in [-0.25, -0.2) is 0 Å². The van der Waals surface area contributed by atoms with Crippen molar-refractivity contribution < 1.29 is 9.53 Å². The lowest BCUT2D eigenvalue weighted by atomic mass is 9.98. The lowest BCUT2D eigenvalue weighted by Crippen LogP contribution is -2.40. The van der Waals surface area contributed by atoms with Crippen molar-refractivity contribution in [1.82, 2.24) is 10.3 Å². The fourth-order valence-corrected chi connectivity index (χ4v) is 3.01. The van der Waals surface area contributed by atoms with Crippen LogP contribution in [-0.2, 0) is 9.53 Å². The summed E-state index contributed by atoms with van der Waals surface area (Å²) in [5, 5.41) is 11.2. The molecule has 1 saturated heterocycles. The molecule has 1 aromatic rings. The van der Waals surface area contributed by atoms with E-state index in [1.807, 2.05) is 18.3 Å². The number of hydrogen-bond acceptors (Lipinski definition) is 5. The SMILES string of the molecule is C#CCCC1(CCC(=O)N[C@@H]2CCO[C@@H](c3cccnc3)C2)N=N1. The zero-order chi connectivity index (χ0) is 16.8. The molecule has 0 aromatic carbocycles. The Bertz CT molecular complexity index is 632. The van der Waals surface area contributed by atoms with Gasteiger partial charge in [-0.3, -0.25) is 9.78 Å². The van der Waals surface area contributed by atoms with Gasteiger partial charge in [0.15, 0.2) is 5.66 Å². The minimum absolute atomic E-state index is 0.00634. The summed E-state index contributed by atoms with van der Waals surface area (Å²) in [5.41, 5.74) is 0.665. The normalized spacial score (nSPS) is 24.1. The third kappa shape index (κ3) is 4.39. The van der Waals surface area contributed by atoms with Crippen molar-refractivity contribution in [3.8, 4) is 12.3 Å². The van der Waals surface area contributed by atoms with Gasteiger partial charge >= 0.3 is 0 Å². The van der Waals surface area contributed by atoms with Crippen molar-refractivity contribution in [1.29, 1.82) is 0 Å². The van der Waals surface area contributed by atoms with E-state index in [1.54, 1.807) is 6.20 Å². The third-order valence-electron chi connectivity index (χ3n) is 4.51. The van der Waals surface area contributed by atoms with Gasteiger partial charge in [0.05, 0.1) is 6.10 Å². The highest BCUT2D eigenvalue weighted by Gasteiger charge is 2.39. The molecule has 24 heavy (non-hydrogen) atoms. The Kier molecular flexibility index (Phi) is 5.21. The highest BCUT2D eigenvalue weighted by atomic mass is 16.5. The molecule has 3 heterocycles. The first-order valence-corrected chi connectivity index (χ1v) is 8.39. The number of nitrogens with zero attached hydrogens (tertiary/aromatic N) is 3. The molecule has 0 unspecified atom stereocenters. The Morgan fingerprint density at radius 1 is 1.46 bits per heavy atom. The van der Waals surface area contributed by atoms with Crippen molar-refractivity contribution in [2.75, 3.05) is 6.61 Å². The molecule has 6 heteroatoms. The summed E-state index contributed by atoms with van der Waals surface area (Å²) in [6.07, 6.45) is 12.9. The van der Waals surface area contributed by atoms with E-state index in [1.165, 1.54) is 0 Å². The maximum Gasteiger partial charge on any atom is 0.220 e. The Balaban J connectivity index is 1.44. The quantitative estimate of drug-likeness (QED) is 0.783. The van der Waals surface area contributed by atoms with Crippen molar-refractivity contribution in [2.24, 2.45) is 10.2 Å². The van der Waals surface area contributed by atoms with Crippen LogP contribution in [-0.4, -0.2) is 29.2 Å². The standard InChI is InChI=1S/C18H22N4O2/c1-2-3-8-18(21-22-18)9-6-17(23)20-15-7-11-24-16(12-15)14-5-4-10-19-13-14/h1,4-5,10,13,15-16H,3,6-9,11-12H2,(H,20,23)/t15-,16-/m1/s1. The first-order chi connectivity index (χ1) is 11.7. The van der Waals surface area contributed by atoms with Crippen LogP contribution in [0.2, 0.25) is 0 Å². The largest absolute Gasteiger partial charge is 0.373 e. The number of carbonyl (C=O) groups excluding carboxylic acids is 1. The molecule has 0 aliphatic carbocycles. The van der Waals surface area contributed by atoms with Crippen LogP contribution in [0, 0.1) is 12.3 Å². The van der Waals surface area contributed by atoms with Gasteiger partial charge in [-0.15, -0.1) is 12.3 Å². The lowest BCUT2D eigenvalue weighted by Gasteiger charge is -2.30. The topological polar surface area (TPSA) is 75.9 Å². The number of hydrogen-bond donors (Lipinski definition) is 1. The minimum atomic E-state index is -0.391. The van der Waals surface area contributed by atoms with E-state index < -0.39 is 5.66 Å². The monoisotopic (exact) mass is 326 g/mol. The van der Waals surface area contributed by atoms with E-state index in [0.29, 0.717) is 25.9 Å². The fourth-order valence-electron chi connectivity index (χ4n) is 3.01. The molecule has 126 valence electrons. The molecule has 1 amide bonds. The Hall–Kier alpha value is -2.26. The summed E-state index contributed by atoms with van der Waals surface area (Å²) in [6, 6.07) is 4.04. The van der Waals surface area contributed by atoms with E-state index in [9.17, 15) is 4.79 Å². The summed E-state index contributed by atoms with van der Waals surface area (Å²) in [7, 11) is 0. The van der Waals surface area contributed by atoms with Crippen molar-refractivity contribution in [3.63, 3.8) is 0 Å². The van der Waals surface area contributed by atoms with E-state index in [-0.39, 0.29) is 18.1 Å². The second-order valence-corrected chi connectivity index (χ2v) is 6.32. The first kappa shape index (κ1) is 16.6. The summed E-state index contributed by atoms with van der Waals surface area (Å²) in [5.74, 6) is 2.64. The minimum Gasteiger partial charge on any atom is -0.373 e. The molecule has 3 rings (SSSR count). The van der Waals surface area contributed by atoms with E-state index in [0.717, 1.165) is 24.8 Å². The molecule has 2 aliphatic rings. The van der Waals surface area contributed by atoms with Gasteiger partial charge in [0.2, 0.25) is 5.91 Å². The molecule has 0 spiro atoms. The number of aromatic nitrogens is 1. The molecule has 2 aliphatic heterocycles. The van der Waals surface area contributed by atoms with Crippen molar-refractivity contribution in [3.05, 3.63) is 30.1 Å². The van der Waals surface area contributed by atoms with Gasteiger partial charge in [-0.1, -0.05) is 6.07 Å². The van der Waals surface area contributed by atoms with E-state index in [2.05, 4.69) is 26.4 Å². The zero-order valence-corrected chi connectivity index (χ0v) is 13.6. The predicted octanol–water partition coefficient (Wildman–Crippen LogP) is 2.77. The summed E-state index contributed by atoms with van der Waals surface area (Å²) in [6.45, 7) is 0.640. The lowest BCUT2D eigenvalue weighted by molar-refractivity contribution is -0.123. The smallest absolute Gasteiger partial charge is 0.220 e. The average Bonchev–Trinajstić information content (AvgIpc) is 3.40. The van der Waals surface area contributed by atoms with Crippen LogP contribution in [0.1, 0.15) is 50.2 Å². The molecule has 1 fully saturated rings. The average molecular weight is 326 g/mol. The molecule has 0 radical (unpaired) electrons. The predicted molar refractivity (Wildman–Crippen MR) is 89.0 cm³/mol. The van der Waals surface area contributed by atoms with Crippen LogP contribution in [0.5, 0.6) is 0 Å². The highest BCUT2D eigenvalue weighted by Crippen LogP contribution is 2.37. The Morgan fingerprint density at radius 2 is 2.33 bits per heavy atom. The Morgan fingerprint density at radius 3 is 3.04 bits per heavy atom. The molecular weight excluding hydrogens is 304 g/mol. The molecule has 0 bridgehead atoms. The Labute approximate surface area is 142 Å². The summed E-state index contributed by atoms with van der Waals surface area (Å²) < 4.78 is 5.80. The number of ether oxygens (including phenoxy) is 1. The van der Waals surface area contributed by atoms with Gasteiger partial charge in [-0.2, -0.15) is 10.2 Å². The van der Waals surface area contributed by atoms with Crippen LogP contribution in [0.25, 0.3) is 0 Å². The van der Waals surface area contributed by atoms with Crippen LogP contribution in [0.15, 0.2) is 34.8 Å². The number of terminal acetylenes is 1. The first-order valence-electron chi connectivity index (χ1n) is 8.39. The number of pyridine rings is 1. The maximum absolute atomic E-state index is 12.2. The van der Waals surface area contributed by atoms with E-state index >= 15 is 0 Å². The van der Waals surface area contributed by atoms with Crippen LogP contribution >= 0.6 is 0 Å². The zero-order valence-electron chi connectivity index (χ0n) is 13.6. The number of amides is 1. The molecule has 6 nitrogen and oxygen atoms in total. The van der Waals surface area contributed by atoms with Crippen molar-refractivity contribution in [2.45, 2.75) is 56.3 Å². The van der Waals surface area contributed by atoms with Gasteiger partial charge in [0, 0.05) is 50.7 Å². The summed E-state index contributed by atoms with van der Waals surface area (Å²) in [4.78, 5) is 16.3. The molecular formula is C18H22N4O2. The van der Waals surface area contributed by atoms with Crippen LogP contribution < -0.4 is 5.32 Å². The van der Waals surface area contributed by atoms with E-state index in [4.69, 9.17) is 11.2 Å². The van der Waals surface area contributed by atoms with Gasteiger partial charge in [0.25, 0.3) is 0 Å². The second-order valence-electron chi connectivity index (χ2n) is 6.32. The second kappa shape index (κ2) is 7.54. The number of rotatable bonds is 7. The van der Waals surface area contributed by atoms with Crippen LogP contribution in [0.4, 0.5) is 0 Å². The van der Waals surface area contributed by atoms with Crippen LogP contribution in [0.3, 0.4) is 0 Å². The third-order valence-corrected chi connectivity index (χ3v) is 4.51. The van der Waals surface area contributed by atoms with Gasteiger partial charge in [0.1, 0.15) is 0 Å². The maximum atomic E-state index is 12.2. The number of carbonyl (C=O) groups is 1. The number of nitrogens with one attached hydrogen (secondary N) is 1. The summed E-state index contributed by atoms with van der Waals surface area (Å²) >= 11 is 0. The fraction of sp³-hybridized carbons (Fsp3) is 0.556. The van der Waals surface area contributed by atoms with Crippen molar-refractivity contribution >= 4 is 5.91 Å².